The minimum absolute atomic E-state index is 0.832. The highest BCUT2D eigenvalue weighted by atomic mass is 16.5. The molecular formula is C21H18N2O2. The lowest BCUT2D eigenvalue weighted by Gasteiger charge is -2.09. The zero-order chi connectivity index (χ0) is 17.2. The first-order chi connectivity index (χ1) is 12.3. The number of aromatic nitrogens is 2. The van der Waals surface area contributed by atoms with Crippen LogP contribution in [0.4, 0.5) is 0 Å². The van der Waals surface area contributed by atoms with Crippen LogP contribution < -0.4 is 9.47 Å². The Morgan fingerprint density at radius 2 is 1.44 bits per heavy atom. The lowest BCUT2D eigenvalue weighted by molar-refractivity contribution is 0.416. The van der Waals surface area contributed by atoms with E-state index in [1.54, 1.807) is 14.2 Å². The largest absolute Gasteiger partial charge is 0.496 e. The van der Waals surface area contributed by atoms with Crippen molar-refractivity contribution in [1.29, 1.82) is 0 Å². The van der Waals surface area contributed by atoms with Gasteiger partial charge in [-0.2, -0.15) is 0 Å². The third kappa shape index (κ3) is 2.62. The van der Waals surface area contributed by atoms with Gasteiger partial charge in [-0.15, -0.1) is 0 Å². The average molecular weight is 330 g/mol. The van der Waals surface area contributed by atoms with Gasteiger partial charge >= 0.3 is 0 Å². The van der Waals surface area contributed by atoms with Gasteiger partial charge in [0.2, 0.25) is 0 Å². The fraction of sp³-hybridized carbons (Fsp3) is 0.0952. The number of ether oxygens (including phenoxy) is 2. The molecule has 4 nitrogen and oxygen atoms in total. The molecule has 0 aliphatic heterocycles. The quantitative estimate of drug-likeness (QED) is 0.578. The summed E-state index contributed by atoms with van der Waals surface area (Å²) in [5.74, 6) is 1.67. The highest BCUT2D eigenvalue weighted by Gasteiger charge is 2.13. The highest BCUT2D eigenvalue weighted by molar-refractivity contribution is 5.97. The summed E-state index contributed by atoms with van der Waals surface area (Å²) in [6, 6.07) is 18.1. The van der Waals surface area contributed by atoms with Crippen molar-refractivity contribution >= 4 is 11.0 Å². The lowest BCUT2D eigenvalue weighted by Crippen LogP contribution is -1.89. The van der Waals surface area contributed by atoms with E-state index in [2.05, 4.69) is 22.1 Å². The van der Waals surface area contributed by atoms with Crippen LogP contribution in [0.15, 0.2) is 67.0 Å². The number of nitrogens with one attached hydrogen (secondary N) is 1. The van der Waals surface area contributed by atoms with Gasteiger partial charge in [0, 0.05) is 40.0 Å². The number of H-pyrrole nitrogens is 1. The SMILES string of the molecule is COc1ccccc1-c1cnc2[nH]cc(-c3ccccc3OC)c2c1. The topological polar surface area (TPSA) is 47.1 Å². The third-order valence-electron chi connectivity index (χ3n) is 4.35. The second-order valence-corrected chi connectivity index (χ2v) is 5.72. The van der Waals surface area contributed by atoms with E-state index < -0.39 is 0 Å². The van der Waals surface area contributed by atoms with Crippen LogP contribution in [0, 0.1) is 0 Å². The second kappa shape index (κ2) is 6.32. The Labute approximate surface area is 146 Å². The Hall–Kier alpha value is -3.27. The summed E-state index contributed by atoms with van der Waals surface area (Å²) in [5, 5.41) is 1.05. The van der Waals surface area contributed by atoms with Crippen LogP contribution in [-0.4, -0.2) is 24.2 Å². The standard InChI is InChI=1S/C21H18N2O2/c1-24-19-9-5-3-7-15(19)14-11-17-18(13-23-21(17)22-12-14)16-8-4-6-10-20(16)25-2/h3-13H,1-2H3,(H,22,23). The number of nitrogens with zero attached hydrogens (tertiary/aromatic N) is 1. The van der Waals surface area contributed by atoms with Gasteiger partial charge in [-0.3, -0.25) is 0 Å². The number of pyridine rings is 1. The fourth-order valence-electron chi connectivity index (χ4n) is 3.12. The van der Waals surface area contributed by atoms with Crippen LogP contribution in [0.3, 0.4) is 0 Å². The van der Waals surface area contributed by atoms with Crippen molar-refractivity contribution in [2.24, 2.45) is 0 Å². The van der Waals surface area contributed by atoms with Crippen molar-refractivity contribution in [2.45, 2.75) is 0 Å². The molecule has 4 rings (SSSR count). The maximum atomic E-state index is 5.52. The van der Waals surface area contributed by atoms with E-state index in [-0.39, 0.29) is 0 Å². The average Bonchev–Trinajstić information content (AvgIpc) is 3.10. The molecule has 0 saturated heterocycles. The van der Waals surface area contributed by atoms with E-state index in [1.165, 1.54) is 0 Å². The fourth-order valence-corrected chi connectivity index (χ4v) is 3.12. The Morgan fingerprint density at radius 3 is 2.16 bits per heavy atom. The number of methoxy groups -OCH3 is 2. The minimum Gasteiger partial charge on any atom is -0.496 e. The van der Waals surface area contributed by atoms with E-state index in [0.29, 0.717) is 0 Å². The van der Waals surface area contributed by atoms with Crippen LogP contribution in [-0.2, 0) is 0 Å². The van der Waals surface area contributed by atoms with E-state index in [9.17, 15) is 0 Å². The van der Waals surface area contributed by atoms with Crippen molar-refractivity contribution in [3.63, 3.8) is 0 Å². The summed E-state index contributed by atoms with van der Waals surface area (Å²) in [4.78, 5) is 7.83. The van der Waals surface area contributed by atoms with Crippen LogP contribution >= 0.6 is 0 Å². The normalized spacial score (nSPS) is 10.8. The number of aromatic amines is 1. The number of hydrogen-bond acceptors (Lipinski definition) is 3. The van der Waals surface area contributed by atoms with Gasteiger partial charge in [-0.25, -0.2) is 4.98 Å². The predicted octanol–water partition coefficient (Wildman–Crippen LogP) is 4.91. The van der Waals surface area contributed by atoms with Gasteiger partial charge in [-0.1, -0.05) is 36.4 Å². The number of para-hydroxylation sites is 2. The predicted molar refractivity (Wildman–Crippen MR) is 100 cm³/mol. The van der Waals surface area contributed by atoms with Crippen molar-refractivity contribution < 1.29 is 9.47 Å². The van der Waals surface area contributed by atoms with Crippen molar-refractivity contribution in [1.82, 2.24) is 9.97 Å². The molecule has 0 atom stereocenters. The number of fused-ring (bicyclic) bond motifs is 1. The smallest absolute Gasteiger partial charge is 0.137 e. The van der Waals surface area contributed by atoms with Crippen LogP contribution in [0.2, 0.25) is 0 Å². The van der Waals surface area contributed by atoms with E-state index >= 15 is 0 Å². The van der Waals surface area contributed by atoms with Gasteiger partial charge < -0.3 is 14.5 Å². The summed E-state index contributed by atoms with van der Waals surface area (Å²) < 4.78 is 11.0. The molecule has 4 heteroatoms. The number of benzene rings is 2. The van der Waals surface area contributed by atoms with E-state index in [4.69, 9.17) is 9.47 Å². The van der Waals surface area contributed by atoms with Gasteiger partial charge in [0.15, 0.2) is 0 Å². The summed E-state index contributed by atoms with van der Waals surface area (Å²) in [6.45, 7) is 0. The van der Waals surface area contributed by atoms with Gasteiger partial charge in [0.25, 0.3) is 0 Å². The van der Waals surface area contributed by atoms with Crippen LogP contribution in [0.5, 0.6) is 11.5 Å². The molecule has 2 heterocycles. The Morgan fingerprint density at radius 1 is 0.800 bits per heavy atom. The first-order valence-corrected chi connectivity index (χ1v) is 8.05. The highest BCUT2D eigenvalue weighted by Crippen LogP contribution is 2.37. The number of rotatable bonds is 4. The lowest BCUT2D eigenvalue weighted by atomic mass is 10.0. The Kier molecular flexibility index (Phi) is 3.86. The maximum absolute atomic E-state index is 5.52. The molecule has 0 fully saturated rings. The van der Waals surface area contributed by atoms with Crippen molar-refractivity contribution in [3.05, 3.63) is 67.0 Å². The maximum Gasteiger partial charge on any atom is 0.137 e. The molecule has 0 unspecified atom stereocenters. The molecule has 0 aliphatic rings. The Bertz CT molecular complexity index is 1040. The molecule has 0 spiro atoms. The molecule has 0 aliphatic carbocycles. The van der Waals surface area contributed by atoms with Crippen molar-refractivity contribution in [2.75, 3.05) is 14.2 Å². The zero-order valence-corrected chi connectivity index (χ0v) is 14.1. The molecule has 2 aromatic heterocycles. The van der Waals surface area contributed by atoms with E-state index in [1.807, 2.05) is 54.9 Å². The molecule has 0 saturated carbocycles. The molecule has 0 amide bonds. The molecule has 2 aromatic carbocycles. The molecule has 124 valence electrons. The van der Waals surface area contributed by atoms with Crippen LogP contribution in [0.1, 0.15) is 0 Å². The molecule has 1 N–H and O–H groups in total. The zero-order valence-electron chi connectivity index (χ0n) is 14.1. The molecule has 25 heavy (non-hydrogen) atoms. The van der Waals surface area contributed by atoms with Gasteiger partial charge in [0.1, 0.15) is 17.1 Å². The summed E-state index contributed by atoms with van der Waals surface area (Å²) in [7, 11) is 3.37. The first kappa shape index (κ1) is 15.3. The minimum atomic E-state index is 0.832. The molecule has 0 bridgehead atoms. The molecule has 0 radical (unpaired) electrons. The summed E-state index contributed by atoms with van der Waals surface area (Å²) in [5.41, 5.74) is 4.98. The monoisotopic (exact) mass is 330 g/mol. The van der Waals surface area contributed by atoms with Crippen LogP contribution in [0.25, 0.3) is 33.3 Å². The molecule has 4 aromatic rings. The number of hydrogen-bond donors (Lipinski definition) is 1. The third-order valence-corrected chi connectivity index (χ3v) is 4.35. The van der Waals surface area contributed by atoms with Gasteiger partial charge in [-0.05, 0) is 18.2 Å². The molecular weight excluding hydrogens is 312 g/mol. The Balaban J connectivity index is 1.92. The van der Waals surface area contributed by atoms with Crippen molar-refractivity contribution in [3.8, 4) is 33.8 Å². The second-order valence-electron chi connectivity index (χ2n) is 5.72. The summed E-state index contributed by atoms with van der Waals surface area (Å²) >= 11 is 0. The first-order valence-electron chi connectivity index (χ1n) is 8.05. The van der Waals surface area contributed by atoms with E-state index in [0.717, 1.165) is 44.8 Å². The summed E-state index contributed by atoms with van der Waals surface area (Å²) in [6.07, 6.45) is 3.84. The van der Waals surface area contributed by atoms with Gasteiger partial charge in [0.05, 0.1) is 14.2 Å².